The van der Waals surface area contributed by atoms with E-state index in [1.54, 1.807) is 24.3 Å². The number of carbonyl (C=O) groups excluding carboxylic acids is 2. The molecular formula is C14H19ClN2O3. The molecule has 6 heteroatoms. The summed E-state index contributed by atoms with van der Waals surface area (Å²) in [5.41, 5.74) is 0.611. The van der Waals surface area contributed by atoms with Crippen molar-refractivity contribution in [2.75, 3.05) is 13.1 Å². The summed E-state index contributed by atoms with van der Waals surface area (Å²) < 4.78 is 0. The molecule has 0 aliphatic carbocycles. The minimum absolute atomic E-state index is 0.0772. The van der Waals surface area contributed by atoms with Crippen LogP contribution in [0.2, 0.25) is 5.02 Å². The Hall–Kier alpha value is -1.59. The third kappa shape index (κ3) is 6.04. The van der Waals surface area contributed by atoms with Gasteiger partial charge in [-0.15, -0.1) is 0 Å². The molecule has 0 aliphatic heterocycles. The van der Waals surface area contributed by atoms with Gasteiger partial charge < -0.3 is 15.7 Å². The van der Waals surface area contributed by atoms with Gasteiger partial charge in [0.2, 0.25) is 11.8 Å². The van der Waals surface area contributed by atoms with Crippen molar-refractivity contribution >= 4 is 23.4 Å². The zero-order valence-corrected chi connectivity index (χ0v) is 12.1. The molecule has 110 valence electrons. The van der Waals surface area contributed by atoms with E-state index in [0.29, 0.717) is 17.1 Å². The maximum absolute atomic E-state index is 11.6. The molecule has 0 radical (unpaired) electrons. The minimum Gasteiger partial charge on any atom is -0.388 e. The summed E-state index contributed by atoms with van der Waals surface area (Å²) in [5, 5.41) is 15.6. The van der Waals surface area contributed by atoms with E-state index in [-0.39, 0.29) is 24.8 Å². The first-order valence-electron chi connectivity index (χ1n) is 6.50. The summed E-state index contributed by atoms with van der Waals surface area (Å²) in [6, 6.07) is 6.62. The number of nitrogens with one attached hydrogen (secondary N) is 2. The van der Waals surface area contributed by atoms with Crippen molar-refractivity contribution in [3.8, 4) is 0 Å². The molecule has 1 unspecified atom stereocenters. The quantitative estimate of drug-likeness (QED) is 0.712. The number of amides is 2. The first-order chi connectivity index (χ1) is 9.52. The molecule has 0 spiro atoms. The van der Waals surface area contributed by atoms with Crippen molar-refractivity contribution in [1.29, 1.82) is 0 Å². The van der Waals surface area contributed by atoms with Crippen LogP contribution in [0.3, 0.4) is 0 Å². The van der Waals surface area contributed by atoms with Crippen LogP contribution in [0.25, 0.3) is 0 Å². The van der Waals surface area contributed by atoms with Gasteiger partial charge in [0.1, 0.15) is 0 Å². The van der Waals surface area contributed by atoms with E-state index in [2.05, 4.69) is 10.6 Å². The normalized spacial score (nSPS) is 11.8. The van der Waals surface area contributed by atoms with E-state index in [9.17, 15) is 14.7 Å². The monoisotopic (exact) mass is 298 g/mol. The number of halogens is 1. The van der Waals surface area contributed by atoms with Gasteiger partial charge in [0.15, 0.2) is 0 Å². The van der Waals surface area contributed by atoms with Crippen molar-refractivity contribution in [3.63, 3.8) is 0 Å². The van der Waals surface area contributed by atoms with Crippen LogP contribution >= 0.6 is 11.6 Å². The highest BCUT2D eigenvalue weighted by atomic mass is 35.5. The topological polar surface area (TPSA) is 78.4 Å². The Morgan fingerprint density at radius 1 is 1.20 bits per heavy atom. The second kappa shape index (κ2) is 8.55. The fourth-order valence-electron chi connectivity index (χ4n) is 1.56. The molecule has 0 bridgehead atoms. The number of aliphatic hydroxyl groups is 1. The van der Waals surface area contributed by atoms with Crippen LogP contribution in [0.4, 0.5) is 0 Å². The number of aliphatic hydroxyl groups excluding tert-OH is 1. The van der Waals surface area contributed by atoms with Crippen LogP contribution in [0.1, 0.15) is 31.4 Å². The first kappa shape index (κ1) is 16.5. The fraction of sp³-hybridized carbons (Fsp3) is 0.429. The lowest BCUT2D eigenvalue weighted by Crippen LogP contribution is -2.37. The third-order valence-electron chi connectivity index (χ3n) is 2.65. The summed E-state index contributed by atoms with van der Waals surface area (Å²) in [6.07, 6.45) is -0.163. The van der Waals surface area contributed by atoms with Gasteiger partial charge in [0.05, 0.1) is 19.1 Å². The molecule has 0 aliphatic rings. The van der Waals surface area contributed by atoms with Crippen LogP contribution in [-0.4, -0.2) is 30.0 Å². The lowest BCUT2D eigenvalue weighted by Gasteiger charge is -2.11. The largest absolute Gasteiger partial charge is 0.388 e. The van der Waals surface area contributed by atoms with E-state index < -0.39 is 6.10 Å². The predicted octanol–water partition coefficient (Wildman–Crippen LogP) is 1.41. The predicted molar refractivity (Wildman–Crippen MR) is 77.3 cm³/mol. The summed E-state index contributed by atoms with van der Waals surface area (Å²) in [5.74, 6) is -0.611. The van der Waals surface area contributed by atoms with Gasteiger partial charge in [-0.2, -0.15) is 0 Å². The van der Waals surface area contributed by atoms with E-state index in [4.69, 9.17) is 11.6 Å². The second-order valence-corrected chi connectivity index (χ2v) is 4.83. The Kier molecular flexibility index (Phi) is 7.04. The Labute approximate surface area is 123 Å². The summed E-state index contributed by atoms with van der Waals surface area (Å²) in [4.78, 5) is 22.9. The highest BCUT2D eigenvalue weighted by Crippen LogP contribution is 2.18. The molecule has 1 atom stereocenters. The van der Waals surface area contributed by atoms with Crippen molar-refractivity contribution < 1.29 is 14.7 Å². The maximum Gasteiger partial charge on any atom is 0.239 e. The van der Waals surface area contributed by atoms with Crippen molar-refractivity contribution in [3.05, 3.63) is 34.9 Å². The van der Waals surface area contributed by atoms with Gasteiger partial charge in [-0.3, -0.25) is 9.59 Å². The summed E-state index contributed by atoms with van der Waals surface area (Å²) in [7, 11) is 0. The van der Waals surface area contributed by atoms with E-state index in [0.717, 1.165) is 6.42 Å². The van der Waals surface area contributed by atoms with Crippen molar-refractivity contribution in [1.82, 2.24) is 10.6 Å². The molecular weight excluding hydrogens is 280 g/mol. The Morgan fingerprint density at radius 2 is 1.85 bits per heavy atom. The smallest absolute Gasteiger partial charge is 0.239 e. The van der Waals surface area contributed by atoms with Gasteiger partial charge >= 0.3 is 0 Å². The number of hydrogen-bond acceptors (Lipinski definition) is 3. The third-order valence-corrected chi connectivity index (χ3v) is 2.90. The molecule has 1 aromatic carbocycles. The SMILES string of the molecule is CCCNC(=O)CNC(=O)CC(O)c1ccc(Cl)cc1. The van der Waals surface area contributed by atoms with Gasteiger partial charge in [-0.25, -0.2) is 0 Å². The molecule has 0 saturated heterocycles. The van der Waals surface area contributed by atoms with E-state index >= 15 is 0 Å². The van der Waals surface area contributed by atoms with Crippen LogP contribution in [0.15, 0.2) is 24.3 Å². The Morgan fingerprint density at radius 3 is 2.45 bits per heavy atom. The first-order valence-corrected chi connectivity index (χ1v) is 6.87. The molecule has 3 N–H and O–H groups in total. The molecule has 0 aromatic heterocycles. The zero-order valence-electron chi connectivity index (χ0n) is 11.4. The van der Waals surface area contributed by atoms with E-state index in [1.165, 1.54) is 0 Å². The molecule has 5 nitrogen and oxygen atoms in total. The highest BCUT2D eigenvalue weighted by molar-refractivity contribution is 6.30. The van der Waals surface area contributed by atoms with Gasteiger partial charge in [-0.1, -0.05) is 30.7 Å². The van der Waals surface area contributed by atoms with Crippen LogP contribution < -0.4 is 10.6 Å². The maximum atomic E-state index is 11.6. The Bertz CT molecular complexity index is 448. The molecule has 0 fully saturated rings. The van der Waals surface area contributed by atoms with Gasteiger partial charge in [0.25, 0.3) is 0 Å². The zero-order chi connectivity index (χ0) is 15.0. The number of hydrogen-bond donors (Lipinski definition) is 3. The number of carbonyl (C=O) groups is 2. The average molecular weight is 299 g/mol. The average Bonchev–Trinajstić information content (AvgIpc) is 2.43. The fourth-order valence-corrected chi connectivity index (χ4v) is 1.68. The standard InChI is InChI=1S/C14H19ClN2O3/c1-2-7-16-14(20)9-17-13(19)8-12(18)10-3-5-11(15)6-4-10/h3-6,12,18H,2,7-9H2,1H3,(H,16,20)(H,17,19). The van der Waals surface area contributed by atoms with Crippen molar-refractivity contribution in [2.24, 2.45) is 0 Å². The summed E-state index contributed by atoms with van der Waals surface area (Å²) >= 11 is 5.74. The number of benzene rings is 1. The summed E-state index contributed by atoms with van der Waals surface area (Å²) in [6.45, 7) is 2.45. The molecule has 2 amide bonds. The van der Waals surface area contributed by atoms with Gasteiger partial charge in [-0.05, 0) is 24.1 Å². The van der Waals surface area contributed by atoms with Gasteiger partial charge in [0, 0.05) is 11.6 Å². The minimum atomic E-state index is -0.911. The molecule has 1 rings (SSSR count). The Balaban J connectivity index is 2.34. The highest BCUT2D eigenvalue weighted by Gasteiger charge is 2.13. The number of rotatable bonds is 7. The lowest BCUT2D eigenvalue weighted by molar-refractivity contribution is -0.127. The molecule has 0 heterocycles. The second-order valence-electron chi connectivity index (χ2n) is 4.40. The molecule has 1 aromatic rings. The molecule has 20 heavy (non-hydrogen) atoms. The van der Waals surface area contributed by atoms with Crippen molar-refractivity contribution in [2.45, 2.75) is 25.9 Å². The van der Waals surface area contributed by atoms with E-state index in [1.807, 2.05) is 6.92 Å². The van der Waals surface area contributed by atoms with Crippen LogP contribution in [0.5, 0.6) is 0 Å². The molecule has 0 saturated carbocycles. The van der Waals surface area contributed by atoms with Crippen LogP contribution in [0, 0.1) is 0 Å². The van der Waals surface area contributed by atoms with Crippen LogP contribution in [-0.2, 0) is 9.59 Å². The lowest BCUT2D eigenvalue weighted by atomic mass is 10.1.